The fourth-order valence-electron chi connectivity index (χ4n) is 3.53. The van der Waals surface area contributed by atoms with Crippen LogP contribution in [-0.2, 0) is 11.2 Å². The topological polar surface area (TPSA) is 68.2 Å². The van der Waals surface area contributed by atoms with E-state index in [2.05, 4.69) is 29.3 Å². The molecule has 0 bridgehead atoms. The third-order valence-corrected chi connectivity index (χ3v) is 4.77. The molecule has 0 spiro atoms. The molecule has 0 saturated carbocycles. The number of aryl methyl sites for hydroxylation is 1. The molecule has 3 heterocycles. The second-order valence-corrected chi connectivity index (χ2v) is 6.19. The van der Waals surface area contributed by atoms with E-state index in [1.165, 1.54) is 10.5 Å². The third-order valence-electron chi connectivity index (χ3n) is 4.77. The average molecular weight is 325 g/mol. The first-order valence-electron chi connectivity index (χ1n) is 8.03. The maximum absolute atomic E-state index is 12.3. The number of rotatable bonds is 2. The predicted molar refractivity (Wildman–Crippen MR) is 90.2 cm³/mol. The summed E-state index contributed by atoms with van der Waals surface area (Å²) in [5.74, 6) is 0.386. The molecular formula is C17H19N5O2. The molecule has 1 aromatic rings. The van der Waals surface area contributed by atoms with E-state index in [-0.39, 0.29) is 5.91 Å². The summed E-state index contributed by atoms with van der Waals surface area (Å²) in [6.07, 6.45) is 2.33. The molecule has 2 unspecified atom stereocenters. The van der Waals surface area contributed by atoms with Crippen LogP contribution in [0.2, 0.25) is 0 Å². The van der Waals surface area contributed by atoms with E-state index in [0.29, 0.717) is 5.96 Å². The Labute approximate surface area is 140 Å². The number of amides is 3. The number of carbonyl (C=O) groups is 2. The summed E-state index contributed by atoms with van der Waals surface area (Å²) in [5, 5.41) is 2.39. The normalized spacial score (nSPS) is 25.4. The number of likely N-dealkylation sites (N-methyl/N-ethyl adjacent to an activating group) is 1. The van der Waals surface area contributed by atoms with E-state index in [1.54, 1.807) is 7.05 Å². The average Bonchev–Trinajstić information content (AvgIpc) is 3.07. The molecule has 7 heteroatoms. The summed E-state index contributed by atoms with van der Waals surface area (Å²) in [7, 11) is 1.66. The maximum Gasteiger partial charge on any atom is 0.325 e. The second kappa shape index (κ2) is 5.09. The number of nitrogens with zero attached hydrogens (tertiary/aromatic N) is 4. The number of allylic oxidation sites excluding steroid dienone is 1. The van der Waals surface area contributed by atoms with Gasteiger partial charge in [-0.05, 0) is 25.0 Å². The largest absolute Gasteiger partial charge is 0.325 e. The molecule has 124 valence electrons. The summed E-state index contributed by atoms with van der Waals surface area (Å²) in [6, 6.07) is 7.24. The van der Waals surface area contributed by atoms with Crippen molar-refractivity contribution in [1.82, 2.24) is 15.1 Å². The number of aliphatic imine (C=N–C) groups is 1. The number of urea groups is 1. The van der Waals surface area contributed by atoms with Crippen LogP contribution >= 0.6 is 0 Å². The Morgan fingerprint density at radius 1 is 1.25 bits per heavy atom. The van der Waals surface area contributed by atoms with E-state index >= 15 is 0 Å². The molecule has 24 heavy (non-hydrogen) atoms. The van der Waals surface area contributed by atoms with Gasteiger partial charge in [0, 0.05) is 18.9 Å². The Hall–Kier alpha value is -2.83. The van der Waals surface area contributed by atoms with Crippen molar-refractivity contribution < 1.29 is 9.59 Å². The zero-order valence-electron chi connectivity index (χ0n) is 13.9. The van der Waals surface area contributed by atoms with Crippen LogP contribution < -0.4 is 10.2 Å². The zero-order valence-corrected chi connectivity index (χ0v) is 13.9. The minimum atomic E-state index is -0.517. The molecule has 1 saturated heterocycles. The van der Waals surface area contributed by atoms with Gasteiger partial charge in [0.2, 0.25) is 5.96 Å². The van der Waals surface area contributed by atoms with Gasteiger partial charge in [0.05, 0.1) is 5.69 Å². The van der Waals surface area contributed by atoms with Crippen molar-refractivity contribution in [3.05, 3.63) is 41.7 Å². The van der Waals surface area contributed by atoms with Crippen molar-refractivity contribution in [3.63, 3.8) is 0 Å². The van der Waals surface area contributed by atoms with Gasteiger partial charge in [0.1, 0.15) is 0 Å². The molecule has 0 radical (unpaired) electrons. The summed E-state index contributed by atoms with van der Waals surface area (Å²) in [6.45, 7) is 4.11. The molecule has 0 aromatic heterocycles. The quantitative estimate of drug-likeness (QED) is 0.894. The SMILES string of the molecule is CCc1ccccc1N1C(C)=CN2C1=NC1C2C(=O)NC(=O)N1C. The van der Waals surface area contributed by atoms with Crippen LogP contribution in [0, 0.1) is 0 Å². The maximum atomic E-state index is 12.3. The van der Waals surface area contributed by atoms with E-state index in [1.807, 2.05) is 30.2 Å². The summed E-state index contributed by atoms with van der Waals surface area (Å²) < 4.78 is 0. The van der Waals surface area contributed by atoms with Crippen LogP contribution in [0.1, 0.15) is 19.4 Å². The van der Waals surface area contributed by atoms with E-state index < -0.39 is 18.2 Å². The van der Waals surface area contributed by atoms with Crippen molar-refractivity contribution in [2.24, 2.45) is 4.99 Å². The molecule has 0 aliphatic carbocycles. The van der Waals surface area contributed by atoms with Crippen LogP contribution in [0.3, 0.4) is 0 Å². The van der Waals surface area contributed by atoms with Crippen molar-refractivity contribution in [3.8, 4) is 0 Å². The fourth-order valence-corrected chi connectivity index (χ4v) is 3.53. The predicted octanol–water partition coefficient (Wildman–Crippen LogP) is 1.48. The first-order chi connectivity index (χ1) is 11.5. The third kappa shape index (κ3) is 1.87. The number of nitrogens with one attached hydrogen (secondary N) is 1. The number of anilines is 1. The van der Waals surface area contributed by atoms with E-state index in [0.717, 1.165) is 17.8 Å². The van der Waals surface area contributed by atoms with Gasteiger partial charge in [-0.2, -0.15) is 0 Å². The minimum absolute atomic E-state index is 0.309. The molecule has 7 nitrogen and oxygen atoms in total. The van der Waals surface area contributed by atoms with E-state index in [9.17, 15) is 9.59 Å². The van der Waals surface area contributed by atoms with Gasteiger partial charge >= 0.3 is 6.03 Å². The van der Waals surface area contributed by atoms with Crippen molar-refractivity contribution in [2.75, 3.05) is 11.9 Å². The number of hydrogen-bond donors (Lipinski definition) is 1. The van der Waals surface area contributed by atoms with Crippen LogP contribution in [0.5, 0.6) is 0 Å². The van der Waals surface area contributed by atoms with Gasteiger partial charge in [-0.1, -0.05) is 25.1 Å². The highest BCUT2D eigenvalue weighted by Gasteiger charge is 2.51. The Kier molecular flexibility index (Phi) is 3.13. The first kappa shape index (κ1) is 14.7. The molecule has 2 atom stereocenters. The molecule has 3 aliphatic rings. The highest BCUT2D eigenvalue weighted by molar-refractivity contribution is 6.10. The second-order valence-electron chi connectivity index (χ2n) is 6.19. The van der Waals surface area contributed by atoms with Gasteiger partial charge in [-0.3, -0.25) is 15.0 Å². The Morgan fingerprint density at radius 2 is 2.00 bits per heavy atom. The molecule has 3 amide bonds. The Balaban J connectivity index is 1.79. The number of imide groups is 1. The van der Waals surface area contributed by atoms with Crippen LogP contribution in [0.15, 0.2) is 41.2 Å². The number of hydrogen-bond acceptors (Lipinski definition) is 5. The fraction of sp³-hybridized carbons (Fsp3) is 0.353. The van der Waals surface area contributed by atoms with Crippen molar-refractivity contribution >= 4 is 23.6 Å². The number of fused-ring (bicyclic) bond motifs is 3. The van der Waals surface area contributed by atoms with Gasteiger partial charge in [-0.25, -0.2) is 9.79 Å². The first-order valence-corrected chi connectivity index (χ1v) is 8.03. The van der Waals surface area contributed by atoms with Gasteiger partial charge < -0.3 is 9.80 Å². The van der Waals surface area contributed by atoms with Crippen LogP contribution in [-0.4, -0.2) is 47.0 Å². The molecule has 1 fully saturated rings. The number of benzene rings is 1. The lowest BCUT2D eigenvalue weighted by Crippen LogP contribution is -2.62. The number of para-hydroxylation sites is 1. The number of guanidine groups is 1. The van der Waals surface area contributed by atoms with Gasteiger partial charge in [-0.15, -0.1) is 0 Å². The molecule has 1 aromatic carbocycles. The summed E-state index contributed by atoms with van der Waals surface area (Å²) in [5.41, 5.74) is 3.27. The van der Waals surface area contributed by atoms with Crippen LogP contribution in [0.25, 0.3) is 0 Å². The van der Waals surface area contributed by atoms with E-state index in [4.69, 9.17) is 4.99 Å². The Bertz CT molecular complexity index is 800. The highest BCUT2D eigenvalue weighted by atomic mass is 16.2. The summed E-state index contributed by atoms with van der Waals surface area (Å²) >= 11 is 0. The van der Waals surface area contributed by atoms with Crippen molar-refractivity contribution in [1.29, 1.82) is 0 Å². The van der Waals surface area contributed by atoms with Crippen LogP contribution in [0.4, 0.5) is 10.5 Å². The standard InChI is InChI=1S/C17H19N5O2/c1-4-11-7-5-6-8-12(11)22-10(2)9-21-13-14(18-16(21)22)20(3)17(24)19-15(13)23/h5-9,13-14H,4H2,1-3H3,(H,19,23,24). The highest BCUT2D eigenvalue weighted by Crippen LogP contribution is 2.36. The van der Waals surface area contributed by atoms with Gasteiger partial charge in [0.15, 0.2) is 12.2 Å². The van der Waals surface area contributed by atoms with Crippen molar-refractivity contribution in [2.45, 2.75) is 32.5 Å². The lowest BCUT2D eigenvalue weighted by atomic mass is 10.1. The minimum Gasteiger partial charge on any atom is -0.303 e. The smallest absolute Gasteiger partial charge is 0.303 e. The van der Waals surface area contributed by atoms with Gasteiger partial charge in [0.25, 0.3) is 5.91 Å². The molecular weight excluding hydrogens is 306 g/mol. The molecule has 4 rings (SSSR count). The number of carbonyl (C=O) groups excluding carboxylic acids is 2. The zero-order chi connectivity index (χ0) is 17.0. The summed E-state index contributed by atoms with van der Waals surface area (Å²) in [4.78, 5) is 34.3. The Morgan fingerprint density at radius 3 is 2.75 bits per heavy atom. The lowest BCUT2D eigenvalue weighted by Gasteiger charge is -2.34. The molecule has 1 N–H and O–H groups in total. The lowest BCUT2D eigenvalue weighted by molar-refractivity contribution is -0.126. The molecule has 3 aliphatic heterocycles. The monoisotopic (exact) mass is 325 g/mol.